The maximum Gasteiger partial charge on any atom is 0.271 e. The average molecular weight is 266 g/mol. The molecule has 0 unspecified atom stereocenters. The molecule has 0 aliphatic carbocycles. The van der Waals surface area contributed by atoms with Gasteiger partial charge >= 0.3 is 0 Å². The van der Waals surface area contributed by atoms with Crippen molar-refractivity contribution in [1.29, 1.82) is 0 Å². The van der Waals surface area contributed by atoms with Gasteiger partial charge in [-0.15, -0.1) is 10.2 Å². The van der Waals surface area contributed by atoms with Crippen LogP contribution in [0, 0.1) is 0 Å². The van der Waals surface area contributed by atoms with Gasteiger partial charge in [-0.1, -0.05) is 13.3 Å². The molecule has 0 fully saturated rings. The second-order valence-electron chi connectivity index (χ2n) is 4.19. The summed E-state index contributed by atoms with van der Waals surface area (Å²) in [5.41, 5.74) is 0.346. The van der Waals surface area contributed by atoms with Crippen LogP contribution in [0.2, 0.25) is 0 Å². The van der Waals surface area contributed by atoms with E-state index < -0.39 is 0 Å². The highest BCUT2D eigenvalue weighted by atomic mass is 16.5. The van der Waals surface area contributed by atoms with Crippen molar-refractivity contribution in [2.75, 3.05) is 32.1 Å². The largest absolute Gasteiger partial charge is 0.385 e. The van der Waals surface area contributed by atoms with Crippen molar-refractivity contribution in [3.05, 3.63) is 17.8 Å². The molecule has 0 aromatic carbocycles. The van der Waals surface area contributed by atoms with Gasteiger partial charge in [0.15, 0.2) is 5.69 Å². The van der Waals surface area contributed by atoms with Crippen molar-refractivity contribution < 1.29 is 9.53 Å². The molecule has 0 saturated carbocycles. The number of hydrogen-bond acceptors (Lipinski definition) is 5. The quantitative estimate of drug-likeness (QED) is 0.662. The Kier molecular flexibility index (Phi) is 7.50. The molecule has 19 heavy (non-hydrogen) atoms. The van der Waals surface area contributed by atoms with Crippen molar-refractivity contribution in [2.45, 2.75) is 26.2 Å². The minimum atomic E-state index is -0.174. The zero-order valence-corrected chi connectivity index (χ0v) is 11.6. The molecule has 1 amide bonds. The first kappa shape index (κ1) is 15.4. The lowest BCUT2D eigenvalue weighted by molar-refractivity contribution is 0.0947. The summed E-state index contributed by atoms with van der Waals surface area (Å²) >= 11 is 0. The Labute approximate surface area is 113 Å². The number of amides is 1. The summed E-state index contributed by atoms with van der Waals surface area (Å²) in [4.78, 5) is 11.7. The third kappa shape index (κ3) is 6.15. The van der Waals surface area contributed by atoms with Crippen LogP contribution < -0.4 is 10.6 Å². The van der Waals surface area contributed by atoms with E-state index in [4.69, 9.17) is 4.74 Å². The Balaban J connectivity index is 2.36. The first-order chi connectivity index (χ1) is 9.27. The minimum absolute atomic E-state index is 0.174. The molecule has 1 rings (SSSR count). The summed E-state index contributed by atoms with van der Waals surface area (Å²) in [6.07, 6.45) is 2.92. The number of ether oxygens (including phenoxy) is 1. The lowest BCUT2D eigenvalue weighted by Crippen LogP contribution is -2.25. The van der Waals surface area contributed by atoms with Gasteiger partial charge in [-0.05, 0) is 25.0 Å². The normalized spacial score (nSPS) is 10.2. The number of anilines is 1. The predicted molar refractivity (Wildman–Crippen MR) is 74.3 cm³/mol. The molecule has 6 nitrogen and oxygen atoms in total. The molecule has 6 heteroatoms. The molecular weight excluding hydrogens is 244 g/mol. The Bertz CT molecular complexity index is 367. The summed E-state index contributed by atoms with van der Waals surface area (Å²) in [6.45, 7) is 4.23. The van der Waals surface area contributed by atoms with E-state index in [0.29, 0.717) is 24.7 Å². The van der Waals surface area contributed by atoms with Crippen LogP contribution in [-0.4, -0.2) is 42.9 Å². The molecule has 0 bridgehead atoms. The molecule has 1 aromatic heterocycles. The fraction of sp³-hybridized carbons (Fsp3) is 0.615. The minimum Gasteiger partial charge on any atom is -0.385 e. The fourth-order valence-electron chi connectivity index (χ4n) is 1.45. The van der Waals surface area contributed by atoms with Gasteiger partial charge in [0.1, 0.15) is 5.82 Å². The topological polar surface area (TPSA) is 76.1 Å². The third-order valence-corrected chi connectivity index (χ3v) is 2.54. The van der Waals surface area contributed by atoms with Crippen LogP contribution in [0.5, 0.6) is 0 Å². The lowest BCUT2D eigenvalue weighted by atomic mass is 10.3. The van der Waals surface area contributed by atoms with Crippen molar-refractivity contribution in [2.24, 2.45) is 0 Å². The maximum atomic E-state index is 11.7. The number of nitrogens with one attached hydrogen (secondary N) is 2. The first-order valence-corrected chi connectivity index (χ1v) is 6.62. The number of hydrogen-bond donors (Lipinski definition) is 2. The van der Waals surface area contributed by atoms with Crippen molar-refractivity contribution in [3.63, 3.8) is 0 Å². The van der Waals surface area contributed by atoms with Gasteiger partial charge in [-0.25, -0.2) is 0 Å². The van der Waals surface area contributed by atoms with E-state index in [1.807, 2.05) is 0 Å². The molecule has 0 saturated heterocycles. The van der Waals surface area contributed by atoms with Crippen LogP contribution >= 0.6 is 0 Å². The SMILES string of the molecule is CCCCNC(=O)c1ccc(NCCCOC)nn1. The second kappa shape index (κ2) is 9.27. The fourth-order valence-corrected chi connectivity index (χ4v) is 1.45. The molecular formula is C13H22N4O2. The number of aromatic nitrogens is 2. The summed E-state index contributed by atoms with van der Waals surface area (Å²) < 4.78 is 4.95. The maximum absolute atomic E-state index is 11.7. The van der Waals surface area contributed by atoms with E-state index in [1.54, 1.807) is 19.2 Å². The Morgan fingerprint density at radius 2 is 2.11 bits per heavy atom. The predicted octanol–water partition coefficient (Wildman–Crippen LogP) is 1.45. The van der Waals surface area contributed by atoms with Crippen molar-refractivity contribution in [1.82, 2.24) is 15.5 Å². The third-order valence-electron chi connectivity index (χ3n) is 2.54. The molecule has 0 aliphatic rings. The Morgan fingerprint density at radius 1 is 1.26 bits per heavy atom. The summed E-state index contributed by atoms with van der Waals surface area (Å²) in [7, 11) is 1.67. The van der Waals surface area contributed by atoms with Gasteiger partial charge < -0.3 is 15.4 Å². The van der Waals surface area contributed by atoms with E-state index in [-0.39, 0.29) is 5.91 Å². The molecule has 2 N–H and O–H groups in total. The number of unbranched alkanes of at least 4 members (excludes halogenated alkanes) is 1. The number of methoxy groups -OCH3 is 1. The van der Waals surface area contributed by atoms with E-state index in [1.165, 1.54) is 0 Å². The number of carbonyl (C=O) groups is 1. The van der Waals surface area contributed by atoms with Gasteiger partial charge in [0.2, 0.25) is 0 Å². The van der Waals surface area contributed by atoms with Gasteiger partial charge in [0.25, 0.3) is 5.91 Å². The van der Waals surface area contributed by atoms with Crippen LogP contribution in [0.3, 0.4) is 0 Å². The number of carbonyl (C=O) groups excluding carboxylic acids is 1. The van der Waals surface area contributed by atoms with Crippen LogP contribution in [0.15, 0.2) is 12.1 Å². The van der Waals surface area contributed by atoms with E-state index in [2.05, 4.69) is 27.8 Å². The molecule has 0 atom stereocenters. The summed E-state index contributed by atoms with van der Waals surface area (Å²) in [6, 6.07) is 3.43. The zero-order valence-electron chi connectivity index (χ0n) is 11.6. The Morgan fingerprint density at radius 3 is 2.74 bits per heavy atom. The molecule has 1 aromatic rings. The zero-order chi connectivity index (χ0) is 13.9. The summed E-state index contributed by atoms with van der Waals surface area (Å²) in [5.74, 6) is 0.494. The second-order valence-corrected chi connectivity index (χ2v) is 4.19. The highest BCUT2D eigenvalue weighted by Crippen LogP contribution is 2.02. The molecule has 106 valence electrons. The van der Waals surface area contributed by atoms with Crippen molar-refractivity contribution >= 4 is 11.7 Å². The molecule has 0 spiro atoms. The monoisotopic (exact) mass is 266 g/mol. The van der Waals surface area contributed by atoms with E-state index >= 15 is 0 Å². The number of nitrogens with zero attached hydrogens (tertiary/aromatic N) is 2. The van der Waals surface area contributed by atoms with Crippen LogP contribution in [0.25, 0.3) is 0 Å². The smallest absolute Gasteiger partial charge is 0.271 e. The van der Waals surface area contributed by atoms with E-state index in [9.17, 15) is 4.79 Å². The van der Waals surface area contributed by atoms with Crippen LogP contribution in [0.1, 0.15) is 36.7 Å². The van der Waals surface area contributed by atoms with Gasteiger partial charge in [-0.3, -0.25) is 4.79 Å². The van der Waals surface area contributed by atoms with E-state index in [0.717, 1.165) is 25.8 Å². The number of rotatable bonds is 9. The highest BCUT2D eigenvalue weighted by molar-refractivity contribution is 5.92. The van der Waals surface area contributed by atoms with Crippen molar-refractivity contribution in [3.8, 4) is 0 Å². The van der Waals surface area contributed by atoms with Gasteiger partial charge in [0.05, 0.1) is 0 Å². The Hall–Kier alpha value is -1.69. The first-order valence-electron chi connectivity index (χ1n) is 6.62. The van der Waals surface area contributed by atoms with Gasteiger partial charge in [-0.2, -0.15) is 0 Å². The summed E-state index contributed by atoms with van der Waals surface area (Å²) in [5, 5.41) is 13.8. The standard InChI is InChI=1S/C13H22N4O2/c1-3-4-8-15-13(18)11-6-7-12(17-16-11)14-9-5-10-19-2/h6-7H,3-5,8-10H2,1-2H3,(H,14,17)(H,15,18). The van der Waals surface area contributed by atoms with Gasteiger partial charge in [0, 0.05) is 26.8 Å². The van der Waals surface area contributed by atoms with Crippen LogP contribution in [0.4, 0.5) is 5.82 Å². The highest BCUT2D eigenvalue weighted by Gasteiger charge is 2.06. The molecule has 0 radical (unpaired) electrons. The van der Waals surface area contributed by atoms with Crippen LogP contribution in [-0.2, 0) is 4.74 Å². The molecule has 1 heterocycles. The molecule has 0 aliphatic heterocycles. The lowest BCUT2D eigenvalue weighted by Gasteiger charge is -2.06. The average Bonchev–Trinajstić information content (AvgIpc) is 2.44.